The van der Waals surface area contributed by atoms with Gasteiger partial charge in [0.05, 0.1) is 6.10 Å². The van der Waals surface area contributed by atoms with Crippen molar-refractivity contribution in [2.24, 2.45) is 0 Å². The summed E-state index contributed by atoms with van der Waals surface area (Å²) in [5, 5.41) is 10.7. The summed E-state index contributed by atoms with van der Waals surface area (Å²) in [4.78, 5) is 4.68. The van der Waals surface area contributed by atoms with E-state index in [2.05, 4.69) is 42.1 Å². The molecule has 3 heteroatoms. The van der Waals surface area contributed by atoms with Crippen LogP contribution in [0.25, 0.3) is 0 Å². The third-order valence-electron chi connectivity index (χ3n) is 5.17. The molecule has 0 saturated carbocycles. The smallest absolute Gasteiger partial charge is 0.0747 e. The molecule has 0 radical (unpaired) electrons. The Morgan fingerprint density at radius 1 is 1.14 bits per heavy atom. The van der Waals surface area contributed by atoms with Crippen molar-refractivity contribution in [2.75, 3.05) is 33.7 Å². The van der Waals surface area contributed by atoms with Crippen LogP contribution in [0.2, 0.25) is 0 Å². The summed E-state index contributed by atoms with van der Waals surface area (Å²) in [5.41, 5.74) is 4.31. The first-order valence-electron chi connectivity index (χ1n) is 8.31. The summed E-state index contributed by atoms with van der Waals surface area (Å²) >= 11 is 0. The maximum atomic E-state index is 10.7. The highest BCUT2D eigenvalue weighted by molar-refractivity contribution is 5.35. The van der Waals surface area contributed by atoms with Crippen LogP contribution < -0.4 is 0 Å². The summed E-state index contributed by atoms with van der Waals surface area (Å²) in [7, 11) is 4.31. The van der Waals surface area contributed by atoms with Gasteiger partial charge in [-0.2, -0.15) is 0 Å². The van der Waals surface area contributed by atoms with Crippen LogP contribution in [0.5, 0.6) is 0 Å². The van der Waals surface area contributed by atoms with Crippen molar-refractivity contribution >= 4 is 0 Å². The predicted octanol–water partition coefficient (Wildman–Crippen LogP) is 1.71. The molecule has 2 aliphatic rings. The van der Waals surface area contributed by atoms with Crippen molar-refractivity contribution in [3.05, 3.63) is 34.9 Å². The first-order chi connectivity index (χ1) is 10.1. The topological polar surface area (TPSA) is 26.7 Å². The summed E-state index contributed by atoms with van der Waals surface area (Å²) in [6.07, 6.45) is 5.41. The van der Waals surface area contributed by atoms with E-state index >= 15 is 0 Å². The van der Waals surface area contributed by atoms with Gasteiger partial charge in [0, 0.05) is 12.6 Å². The number of rotatable bonds is 3. The van der Waals surface area contributed by atoms with Crippen LogP contribution in [0.3, 0.4) is 0 Å². The summed E-state index contributed by atoms with van der Waals surface area (Å²) in [5.74, 6) is 0. The number of benzene rings is 1. The van der Waals surface area contributed by atoms with Gasteiger partial charge in [-0.05, 0) is 76.0 Å². The zero-order valence-corrected chi connectivity index (χ0v) is 13.4. The van der Waals surface area contributed by atoms with Crippen LogP contribution in [0.4, 0.5) is 0 Å². The number of aliphatic hydroxyl groups is 1. The minimum Gasteiger partial charge on any atom is -0.391 e. The standard InChI is InChI=1S/C18H28N2O/c1-19-9-4-10-20(2)17(13-19)18(21)12-14-7-8-15-5-3-6-16(15)11-14/h7-8,11,17-18,21H,3-6,9-10,12-13H2,1-2H3. The van der Waals surface area contributed by atoms with Gasteiger partial charge in [0.15, 0.2) is 0 Å². The molecular formula is C18H28N2O. The number of hydrogen-bond donors (Lipinski definition) is 1. The molecule has 0 aromatic heterocycles. The second kappa shape index (κ2) is 6.47. The van der Waals surface area contributed by atoms with E-state index in [1.54, 1.807) is 0 Å². The summed E-state index contributed by atoms with van der Waals surface area (Å²) < 4.78 is 0. The molecule has 1 aromatic rings. The monoisotopic (exact) mass is 288 g/mol. The molecule has 1 heterocycles. The van der Waals surface area contributed by atoms with Gasteiger partial charge in [0.1, 0.15) is 0 Å². The second-order valence-corrected chi connectivity index (χ2v) is 6.89. The predicted molar refractivity (Wildman–Crippen MR) is 86.7 cm³/mol. The molecule has 3 rings (SSSR count). The Bertz CT molecular complexity index is 488. The van der Waals surface area contributed by atoms with Gasteiger partial charge in [-0.25, -0.2) is 0 Å². The molecule has 0 bridgehead atoms. The lowest BCUT2D eigenvalue weighted by Gasteiger charge is -2.31. The van der Waals surface area contributed by atoms with Crippen LogP contribution in [-0.4, -0.2) is 60.8 Å². The Labute approximate surface area is 128 Å². The van der Waals surface area contributed by atoms with Crippen molar-refractivity contribution in [3.8, 4) is 0 Å². The first-order valence-corrected chi connectivity index (χ1v) is 8.31. The fraction of sp³-hybridized carbons (Fsp3) is 0.667. The average Bonchev–Trinajstić information content (AvgIpc) is 2.84. The third-order valence-corrected chi connectivity index (χ3v) is 5.17. The number of hydrogen-bond acceptors (Lipinski definition) is 3. The van der Waals surface area contributed by atoms with E-state index in [0.29, 0.717) is 0 Å². The van der Waals surface area contributed by atoms with Crippen LogP contribution in [0, 0.1) is 0 Å². The molecule has 0 amide bonds. The van der Waals surface area contributed by atoms with Crippen molar-refractivity contribution in [2.45, 2.75) is 44.2 Å². The number of aryl methyl sites for hydroxylation is 2. The lowest BCUT2D eigenvalue weighted by atomic mass is 9.98. The van der Waals surface area contributed by atoms with Crippen LogP contribution >= 0.6 is 0 Å². The minimum absolute atomic E-state index is 0.241. The maximum Gasteiger partial charge on any atom is 0.0747 e. The highest BCUT2D eigenvalue weighted by Crippen LogP contribution is 2.24. The molecule has 116 valence electrons. The van der Waals surface area contributed by atoms with Gasteiger partial charge in [-0.3, -0.25) is 4.90 Å². The van der Waals surface area contributed by atoms with Gasteiger partial charge in [0.25, 0.3) is 0 Å². The van der Waals surface area contributed by atoms with Crippen molar-refractivity contribution < 1.29 is 5.11 Å². The van der Waals surface area contributed by atoms with Crippen molar-refractivity contribution in [1.82, 2.24) is 9.80 Å². The third kappa shape index (κ3) is 3.47. The highest BCUT2D eigenvalue weighted by Gasteiger charge is 2.27. The van der Waals surface area contributed by atoms with Gasteiger partial charge in [0.2, 0.25) is 0 Å². The zero-order chi connectivity index (χ0) is 14.8. The van der Waals surface area contributed by atoms with Crippen molar-refractivity contribution in [1.29, 1.82) is 0 Å². The molecule has 21 heavy (non-hydrogen) atoms. The van der Waals surface area contributed by atoms with Crippen LogP contribution in [0.1, 0.15) is 29.5 Å². The average molecular weight is 288 g/mol. The van der Waals surface area contributed by atoms with E-state index in [1.165, 1.54) is 42.4 Å². The van der Waals surface area contributed by atoms with Gasteiger partial charge in [-0.1, -0.05) is 18.2 Å². The Kier molecular flexibility index (Phi) is 4.63. The van der Waals surface area contributed by atoms with E-state index in [9.17, 15) is 5.11 Å². The Morgan fingerprint density at radius 3 is 2.81 bits per heavy atom. The SMILES string of the molecule is CN1CCCN(C)C(C(O)Cc2ccc3c(c2)CCC3)C1. The van der Waals surface area contributed by atoms with Crippen LogP contribution in [0.15, 0.2) is 18.2 Å². The van der Waals surface area contributed by atoms with E-state index in [0.717, 1.165) is 26.1 Å². The molecule has 1 saturated heterocycles. The van der Waals surface area contributed by atoms with Gasteiger partial charge < -0.3 is 10.0 Å². The van der Waals surface area contributed by atoms with E-state index < -0.39 is 0 Å². The number of likely N-dealkylation sites (N-methyl/N-ethyl adjacent to an activating group) is 2. The molecule has 3 nitrogen and oxygen atoms in total. The quantitative estimate of drug-likeness (QED) is 0.917. The Hall–Kier alpha value is -0.900. The highest BCUT2D eigenvalue weighted by atomic mass is 16.3. The number of fused-ring (bicyclic) bond motifs is 1. The fourth-order valence-electron chi connectivity index (χ4n) is 3.85. The number of aliphatic hydroxyl groups excluding tert-OH is 1. The lowest BCUT2D eigenvalue weighted by Crippen LogP contribution is -2.47. The largest absolute Gasteiger partial charge is 0.391 e. The minimum atomic E-state index is -0.282. The molecule has 1 fully saturated rings. The molecular weight excluding hydrogens is 260 g/mol. The zero-order valence-electron chi connectivity index (χ0n) is 13.4. The molecule has 0 spiro atoms. The molecule has 1 N–H and O–H groups in total. The van der Waals surface area contributed by atoms with Crippen LogP contribution in [-0.2, 0) is 19.3 Å². The van der Waals surface area contributed by atoms with E-state index in [1.807, 2.05) is 0 Å². The van der Waals surface area contributed by atoms with E-state index in [-0.39, 0.29) is 12.1 Å². The summed E-state index contributed by atoms with van der Waals surface area (Å²) in [6.45, 7) is 3.17. The molecule has 1 aliphatic heterocycles. The normalized spacial score (nSPS) is 25.6. The first kappa shape index (κ1) is 15.0. The second-order valence-electron chi connectivity index (χ2n) is 6.89. The molecule has 1 aliphatic carbocycles. The Balaban J connectivity index is 1.68. The number of nitrogens with zero attached hydrogens (tertiary/aromatic N) is 2. The summed E-state index contributed by atoms with van der Waals surface area (Å²) in [6, 6.07) is 7.05. The Morgan fingerprint density at radius 2 is 1.95 bits per heavy atom. The molecule has 2 atom stereocenters. The van der Waals surface area contributed by atoms with Gasteiger partial charge >= 0.3 is 0 Å². The fourth-order valence-corrected chi connectivity index (χ4v) is 3.85. The maximum absolute atomic E-state index is 10.7. The molecule has 1 aromatic carbocycles. The van der Waals surface area contributed by atoms with Crippen molar-refractivity contribution in [3.63, 3.8) is 0 Å². The molecule has 2 unspecified atom stereocenters. The lowest BCUT2D eigenvalue weighted by molar-refractivity contribution is 0.0581. The van der Waals surface area contributed by atoms with E-state index in [4.69, 9.17) is 0 Å². The van der Waals surface area contributed by atoms with Gasteiger partial charge in [-0.15, -0.1) is 0 Å².